The fraction of sp³-hybridized carbons (Fsp3) is 1.00. The summed E-state index contributed by atoms with van der Waals surface area (Å²) >= 11 is 0. The Labute approximate surface area is 125 Å². The highest BCUT2D eigenvalue weighted by atomic mass is 16.5. The third-order valence-electron chi connectivity index (χ3n) is 5.46. The van der Waals surface area contributed by atoms with Gasteiger partial charge in [-0.15, -0.1) is 0 Å². The van der Waals surface area contributed by atoms with Crippen LogP contribution in [0.2, 0.25) is 0 Å². The van der Waals surface area contributed by atoms with Crippen molar-refractivity contribution in [1.82, 2.24) is 9.80 Å². The second-order valence-electron chi connectivity index (χ2n) is 6.97. The molecule has 0 aromatic carbocycles. The van der Waals surface area contributed by atoms with Gasteiger partial charge in [-0.2, -0.15) is 0 Å². The Morgan fingerprint density at radius 2 is 1.80 bits per heavy atom. The predicted octanol–water partition coefficient (Wildman–Crippen LogP) is 2.71. The largest absolute Gasteiger partial charge is 0.381 e. The van der Waals surface area contributed by atoms with Crippen molar-refractivity contribution in [3.63, 3.8) is 0 Å². The Bertz CT molecular complexity index is 264. The summed E-state index contributed by atoms with van der Waals surface area (Å²) in [5.74, 6) is 2.78. The predicted molar refractivity (Wildman–Crippen MR) is 85.0 cm³/mol. The number of nitrogens with zero attached hydrogens (tertiary/aromatic N) is 2. The Kier molecular flexibility index (Phi) is 6.79. The van der Waals surface area contributed by atoms with Gasteiger partial charge in [-0.1, -0.05) is 20.3 Å². The van der Waals surface area contributed by atoms with Crippen LogP contribution in [0.15, 0.2) is 0 Å². The Balaban J connectivity index is 1.54. The van der Waals surface area contributed by atoms with E-state index in [0.717, 1.165) is 31.0 Å². The van der Waals surface area contributed by atoms with Crippen LogP contribution < -0.4 is 0 Å². The first-order chi connectivity index (χ1) is 9.70. The minimum atomic E-state index is 0.907. The van der Waals surface area contributed by atoms with E-state index in [-0.39, 0.29) is 0 Å². The number of hydrogen-bond donors (Lipinski definition) is 0. The second kappa shape index (κ2) is 8.35. The van der Waals surface area contributed by atoms with Crippen molar-refractivity contribution in [3.05, 3.63) is 0 Å². The molecule has 2 fully saturated rings. The van der Waals surface area contributed by atoms with Crippen LogP contribution in [0.5, 0.6) is 0 Å². The van der Waals surface area contributed by atoms with E-state index in [1.807, 2.05) is 0 Å². The maximum absolute atomic E-state index is 5.71. The fourth-order valence-corrected chi connectivity index (χ4v) is 3.57. The first-order valence-electron chi connectivity index (χ1n) is 8.69. The van der Waals surface area contributed by atoms with Crippen molar-refractivity contribution < 1.29 is 4.74 Å². The molecule has 0 aromatic rings. The fourth-order valence-electron chi connectivity index (χ4n) is 3.57. The van der Waals surface area contributed by atoms with Gasteiger partial charge in [0.2, 0.25) is 0 Å². The molecule has 1 saturated carbocycles. The van der Waals surface area contributed by atoms with Gasteiger partial charge < -0.3 is 14.5 Å². The molecule has 1 saturated heterocycles. The molecule has 1 heterocycles. The van der Waals surface area contributed by atoms with Crippen LogP contribution in [-0.2, 0) is 4.74 Å². The molecule has 3 nitrogen and oxygen atoms in total. The molecule has 0 aromatic heterocycles. The van der Waals surface area contributed by atoms with Crippen LogP contribution in [-0.4, -0.2) is 62.8 Å². The van der Waals surface area contributed by atoms with E-state index in [0.29, 0.717) is 0 Å². The molecular formula is C17H34N2O. The molecule has 1 aliphatic carbocycles. The monoisotopic (exact) mass is 282 g/mol. The highest BCUT2D eigenvalue weighted by molar-refractivity contribution is 4.88. The lowest BCUT2D eigenvalue weighted by Crippen LogP contribution is -2.49. The first-order valence-corrected chi connectivity index (χ1v) is 8.69. The average Bonchev–Trinajstić information content (AvgIpc) is 2.46. The lowest BCUT2D eigenvalue weighted by atomic mass is 9.64. The summed E-state index contributed by atoms with van der Waals surface area (Å²) in [5, 5.41) is 0. The quantitative estimate of drug-likeness (QED) is 0.637. The van der Waals surface area contributed by atoms with E-state index in [1.54, 1.807) is 0 Å². The minimum Gasteiger partial charge on any atom is -0.381 e. The smallest absolute Gasteiger partial charge is 0.0468 e. The van der Waals surface area contributed by atoms with Gasteiger partial charge in [0, 0.05) is 45.9 Å². The van der Waals surface area contributed by atoms with Gasteiger partial charge >= 0.3 is 0 Å². The molecule has 3 atom stereocenters. The van der Waals surface area contributed by atoms with Gasteiger partial charge in [-0.3, -0.25) is 0 Å². The van der Waals surface area contributed by atoms with E-state index in [1.165, 1.54) is 58.4 Å². The molecule has 2 aliphatic rings. The number of likely N-dealkylation sites (N-methyl/N-ethyl adjacent to an activating group) is 1. The van der Waals surface area contributed by atoms with Gasteiger partial charge in [-0.25, -0.2) is 0 Å². The van der Waals surface area contributed by atoms with Crippen molar-refractivity contribution in [3.8, 4) is 0 Å². The van der Waals surface area contributed by atoms with Gasteiger partial charge in [0.1, 0.15) is 0 Å². The third-order valence-corrected chi connectivity index (χ3v) is 5.46. The van der Waals surface area contributed by atoms with Crippen LogP contribution in [0.4, 0.5) is 0 Å². The van der Waals surface area contributed by atoms with E-state index >= 15 is 0 Å². The second-order valence-corrected chi connectivity index (χ2v) is 6.97. The summed E-state index contributed by atoms with van der Waals surface area (Å²) in [7, 11) is 2.23. The maximum Gasteiger partial charge on any atom is 0.0468 e. The molecule has 1 aliphatic heterocycles. The Morgan fingerprint density at radius 1 is 1.05 bits per heavy atom. The topological polar surface area (TPSA) is 15.7 Å². The highest BCUT2D eigenvalue weighted by Gasteiger charge is 2.38. The van der Waals surface area contributed by atoms with Crippen LogP contribution in [0, 0.1) is 17.8 Å². The van der Waals surface area contributed by atoms with E-state index < -0.39 is 0 Å². The summed E-state index contributed by atoms with van der Waals surface area (Å²) in [5.41, 5.74) is 0. The average molecular weight is 282 g/mol. The highest BCUT2D eigenvalue weighted by Crippen LogP contribution is 2.42. The van der Waals surface area contributed by atoms with Crippen molar-refractivity contribution in [1.29, 1.82) is 0 Å². The van der Waals surface area contributed by atoms with Crippen molar-refractivity contribution >= 4 is 0 Å². The maximum atomic E-state index is 5.71. The zero-order valence-electron chi connectivity index (χ0n) is 13.8. The summed E-state index contributed by atoms with van der Waals surface area (Å²) in [4.78, 5) is 5.12. The molecule has 0 spiro atoms. The van der Waals surface area contributed by atoms with Crippen LogP contribution >= 0.6 is 0 Å². The molecule has 3 heteroatoms. The lowest BCUT2D eigenvalue weighted by Gasteiger charge is -2.46. The molecule has 20 heavy (non-hydrogen) atoms. The van der Waals surface area contributed by atoms with Gasteiger partial charge in [-0.05, 0) is 44.1 Å². The molecule has 0 bridgehead atoms. The van der Waals surface area contributed by atoms with Crippen molar-refractivity contribution in [2.24, 2.45) is 17.8 Å². The zero-order chi connectivity index (χ0) is 14.4. The van der Waals surface area contributed by atoms with Crippen LogP contribution in [0.1, 0.15) is 39.5 Å². The molecule has 2 rings (SSSR count). The number of rotatable bonds is 8. The number of piperazine rings is 1. The van der Waals surface area contributed by atoms with Gasteiger partial charge in [0.15, 0.2) is 0 Å². The van der Waals surface area contributed by atoms with Crippen molar-refractivity contribution in [2.45, 2.75) is 39.5 Å². The molecule has 0 amide bonds. The number of unbranched alkanes of at least 4 members (excludes halogenated alkanes) is 1. The SMILES string of the molecule is CCCCOCC[C@@H]1C[C@H](CN2CCN(C)CC2)[C@H]1C. The van der Waals surface area contributed by atoms with Crippen LogP contribution in [0.3, 0.4) is 0 Å². The molecule has 118 valence electrons. The summed E-state index contributed by atoms with van der Waals surface area (Å²) in [6.07, 6.45) is 5.17. The molecular weight excluding hydrogens is 248 g/mol. The van der Waals surface area contributed by atoms with Gasteiger partial charge in [0.05, 0.1) is 0 Å². The molecule has 0 radical (unpaired) electrons. The van der Waals surface area contributed by atoms with E-state index in [4.69, 9.17) is 4.74 Å². The van der Waals surface area contributed by atoms with Crippen LogP contribution in [0.25, 0.3) is 0 Å². The molecule has 0 unspecified atom stereocenters. The summed E-state index contributed by atoms with van der Waals surface area (Å²) in [6, 6.07) is 0. The Morgan fingerprint density at radius 3 is 2.45 bits per heavy atom. The third kappa shape index (κ3) is 4.71. The summed E-state index contributed by atoms with van der Waals surface area (Å²) in [6.45, 7) is 13.0. The van der Waals surface area contributed by atoms with E-state index in [9.17, 15) is 0 Å². The first kappa shape index (κ1) is 16.3. The normalized spacial score (nSPS) is 32.2. The lowest BCUT2D eigenvalue weighted by molar-refractivity contribution is 0.0117. The Hall–Kier alpha value is -0.120. The van der Waals surface area contributed by atoms with Crippen molar-refractivity contribution in [2.75, 3.05) is 53.0 Å². The minimum absolute atomic E-state index is 0.907. The van der Waals surface area contributed by atoms with E-state index in [2.05, 4.69) is 30.7 Å². The number of ether oxygens (including phenoxy) is 1. The zero-order valence-corrected chi connectivity index (χ0v) is 13.8. The van der Waals surface area contributed by atoms with Gasteiger partial charge in [0.25, 0.3) is 0 Å². The standard InChI is InChI=1S/C17H34N2O/c1-4-5-11-20-12-6-16-13-17(15(16)2)14-19-9-7-18(3)8-10-19/h15-17H,4-14H2,1-3H3/t15-,16+,17+/m0/s1. The number of hydrogen-bond acceptors (Lipinski definition) is 3. The summed E-state index contributed by atoms with van der Waals surface area (Å²) < 4.78 is 5.71. The molecule has 0 N–H and O–H groups in total.